The maximum atomic E-state index is 13.2. The molecule has 0 aromatic heterocycles. The van der Waals surface area contributed by atoms with Crippen LogP contribution in [0.15, 0.2) is 0 Å². The lowest BCUT2D eigenvalue weighted by atomic mass is 10.0. The summed E-state index contributed by atoms with van der Waals surface area (Å²) in [6, 6.07) is -1.90. The number of unbranched alkanes of at least 4 members (excludes halogenated alkanes) is 24. The van der Waals surface area contributed by atoms with E-state index in [0.717, 1.165) is 64.2 Å². The van der Waals surface area contributed by atoms with Gasteiger partial charge in [0, 0.05) is 57.7 Å². The molecule has 1 fully saturated rings. The molecule has 17 nitrogen and oxygen atoms in total. The molecule has 410 valence electrons. The van der Waals surface area contributed by atoms with Gasteiger partial charge in [0.05, 0.1) is 26.4 Å². The van der Waals surface area contributed by atoms with E-state index in [0.29, 0.717) is 45.1 Å². The highest BCUT2D eigenvalue weighted by Crippen LogP contribution is 2.23. The van der Waals surface area contributed by atoms with Crippen LogP contribution in [-0.2, 0) is 47.8 Å². The normalized spacial score (nSPS) is 14.3. The van der Waals surface area contributed by atoms with Crippen LogP contribution in [0.2, 0.25) is 0 Å². The molecule has 17 heteroatoms. The van der Waals surface area contributed by atoms with Crippen molar-refractivity contribution in [2.75, 3.05) is 46.1 Å². The van der Waals surface area contributed by atoms with Crippen LogP contribution in [0.3, 0.4) is 0 Å². The molecule has 1 heterocycles. The van der Waals surface area contributed by atoms with Gasteiger partial charge in [-0.3, -0.25) is 38.5 Å². The molecule has 0 aromatic rings. The van der Waals surface area contributed by atoms with Crippen molar-refractivity contribution in [1.82, 2.24) is 26.2 Å². The van der Waals surface area contributed by atoms with Crippen LogP contribution >= 0.6 is 0 Å². The molecule has 0 aromatic carbocycles. The maximum absolute atomic E-state index is 13.2. The summed E-state index contributed by atoms with van der Waals surface area (Å²) in [5, 5.41) is 29.1. The molecule has 6 amide bonds. The van der Waals surface area contributed by atoms with Gasteiger partial charge >= 0.3 is 11.9 Å². The topological polar surface area (TPSA) is 247 Å². The molecular formula is C54H97N5O12. The van der Waals surface area contributed by atoms with Gasteiger partial charge in [0.15, 0.2) is 0 Å². The molecule has 3 atom stereocenters. The molecule has 6 N–H and O–H groups in total. The zero-order chi connectivity index (χ0) is 52.2. The average molecular weight is 1010 g/mol. The summed E-state index contributed by atoms with van der Waals surface area (Å²) in [5.74, 6) is -3.61. The van der Waals surface area contributed by atoms with Crippen LogP contribution in [0.25, 0.3) is 0 Å². The summed E-state index contributed by atoms with van der Waals surface area (Å²) in [5.41, 5.74) is 0. The van der Waals surface area contributed by atoms with Crippen molar-refractivity contribution in [2.24, 2.45) is 5.92 Å². The zero-order valence-corrected chi connectivity index (χ0v) is 44.1. The number of carboxylic acids is 2. The molecule has 1 saturated heterocycles. The number of imide groups is 1. The predicted octanol–water partition coefficient (Wildman–Crippen LogP) is 8.68. The van der Waals surface area contributed by atoms with Crippen molar-refractivity contribution < 1.29 is 58.0 Å². The summed E-state index contributed by atoms with van der Waals surface area (Å²) >= 11 is 0. The number of carboxylic acid groups (broad SMARTS) is 2. The first-order valence-electron chi connectivity index (χ1n) is 28.0. The van der Waals surface area contributed by atoms with Gasteiger partial charge in [0.25, 0.3) is 0 Å². The lowest BCUT2D eigenvalue weighted by molar-refractivity contribution is -0.142. The number of hydrogen-bond donors (Lipinski definition) is 6. The summed E-state index contributed by atoms with van der Waals surface area (Å²) in [4.78, 5) is 99.1. The van der Waals surface area contributed by atoms with E-state index >= 15 is 0 Å². The Balaban J connectivity index is 2.22. The fourth-order valence-corrected chi connectivity index (χ4v) is 8.72. The van der Waals surface area contributed by atoms with Crippen molar-refractivity contribution in [3.8, 4) is 0 Å². The number of likely N-dealkylation sites (tertiary alicyclic amines) is 1. The summed E-state index contributed by atoms with van der Waals surface area (Å²) < 4.78 is 11.1. The Kier molecular flexibility index (Phi) is 40.7. The fraction of sp³-hybridized carbons (Fsp3) is 0.852. The summed E-state index contributed by atoms with van der Waals surface area (Å²) in [7, 11) is 0. The highest BCUT2D eigenvalue weighted by Gasteiger charge is 2.36. The van der Waals surface area contributed by atoms with Gasteiger partial charge in [-0.2, -0.15) is 0 Å². The smallest absolute Gasteiger partial charge is 0.328 e. The number of nitrogens with one attached hydrogen (secondary N) is 4. The molecule has 0 radical (unpaired) electrons. The van der Waals surface area contributed by atoms with Crippen molar-refractivity contribution >= 4 is 47.4 Å². The highest BCUT2D eigenvalue weighted by molar-refractivity contribution is 6.03. The Labute approximate surface area is 426 Å². The van der Waals surface area contributed by atoms with Gasteiger partial charge in [0.1, 0.15) is 12.1 Å². The van der Waals surface area contributed by atoms with Crippen molar-refractivity contribution in [3.05, 3.63) is 0 Å². The Bertz CT molecular complexity index is 1480. The molecular weight excluding hydrogens is 911 g/mol. The number of carbonyl (C=O) groups excluding carboxylic acids is 6. The second-order valence-electron chi connectivity index (χ2n) is 19.5. The van der Waals surface area contributed by atoms with E-state index in [-0.39, 0.29) is 107 Å². The molecule has 0 spiro atoms. The molecule has 1 aliphatic rings. The van der Waals surface area contributed by atoms with Crippen LogP contribution in [0.5, 0.6) is 0 Å². The van der Waals surface area contributed by atoms with Gasteiger partial charge in [-0.25, -0.2) is 4.79 Å². The van der Waals surface area contributed by atoms with Gasteiger partial charge in [-0.15, -0.1) is 0 Å². The van der Waals surface area contributed by atoms with E-state index < -0.39 is 29.9 Å². The van der Waals surface area contributed by atoms with Gasteiger partial charge in [-0.05, 0) is 38.5 Å². The number of hydrogen-bond acceptors (Lipinski definition) is 10. The molecule has 0 saturated carbocycles. The first-order chi connectivity index (χ1) is 34.4. The third kappa shape index (κ3) is 36.5. The van der Waals surface area contributed by atoms with E-state index in [1.165, 1.54) is 88.4 Å². The number of amides is 6. The number of nitrogens with zero attached hydrogens (tertiary/aromatic N) is 1. The maximum Gasteiger partial charge on any atom is 0.328 e. The Morgan fingerprint density at radius 2 is 1.00 bits per heavy atom. The van der Waals surface area contributed by atoms with Gasteiger partial charge in [-0.1, -0.05) is 162 Å². The zero-order valence-electron chi connectivity index (χ0n) is 44.1. The monoisotopic (exact) mass is 1010 g/mol. The predicted molar refractivity (Wildman–Crippen MR) is 275 cm³/mol. The summed E-state index contributed by atoms with van der Waals surface area (Å²) in [6.07, 6.45) is 30.7. The van der Waals surface area contributed by atoms with E-state index in [1.807, 2.05) is 6.92 Å². The largest absolute Gasteiger partial charge is 0.481 e. The fourth-order valence-electron chi connectivity index (χ4n) is 8.72. The van der Waals surface area contributed by atoms with Crippen molar-refractivity contribution in [3.63, 3.8) is 0 Å². The van der Waals surface area contributed by atoms with Crippen molar-refractivity contribution in [1.29, 1.82) is 0 Å². The minimum atomic E-state index is -1.23. The van der Waals surface area contributed by atoms with Gasteiger partial charge in [0.2, 0.25) is 35.4 Å². The molecule has 71 heavy (non-hydrogen) atoms. The van der Waals surface area contributed by atoms with Gasteiger partial charge < -0.3 is 41.0 Å². The number of ether oxygens (including phenoxy) is 2. The molecule has 3 unspecified atom stereocenters. The quantitative estimate of drug-likeness (QED) is 0.0248. The first-order valence-corrected chi connectivity index (χ1v) is 28.0. The van der Waals surface area contributed by atoms with E-state index in [9.17, 15) is 43.5 Å². The minimum Gasteiger partial charge on any atom is -0.481 e. The Morgan fingerprint density at radius 3 is 1.49 bits per heavy atom. The minimum absolute atomic E-state index is 0.000127. The summed E-state index contributed by atoms with van der Waals surface area (Å²) in [6.45, 7) is 5.25. The van der Waals surface area contributed by atoms with E-state index in [2.05, 4.69) is 28.2 Å². The van der Waals surface area contributed by atoms with E-state index in [4.69, 9.17) is 14.6 Å². The second kappa shape index (κ2) is 44.6. The lowest BCUT2D eigenvalue weighted by Crippen LogP contribution is -2.48. The van der Waals surface area contributed by atoms with Crippen molar-refractivity contribution in [2.45, 2.75) is 244 Å². The number of aliphatic carboxylic acids is 2. The Morgan fingerprint density at radius 1 is 0.535 bits per heavy atom. The standard InChI is InChI=1S/C54H97N5O12/c1-3-5-6-7-8-9-16-19-22-26-31-45(57-48(61)33-28-25-30-37-59-50(63)42-44(4-2)53(59)67)52(66)55-36-39-71-41-40-70-38-35-47(60)56-43-46(54(68)69)58-49(62)32-27-23-20-17-14-12-10-11-13-15-18-21-24-29-34-51(64)65/h44-46H,3-43H2,1-2H3,(H,55,66)(H,56,60)(H,57,61)(H,58,62)(H,64,65)(H,68,69). The van der Waals surface area contributed by atoms with Crippen LogP contribution in [0, 0.1) is 5.92 Å². The third-order valence-corrected chi connectivity index (χ3v) is 13.2. The van der Waals surface area contributed by atoms with Crippen LogP contribution in [0.1, 0.15) is 232 Å². The molecule has 1 aliphatic heterocycles. The highest BCUT2D eigenvalue weighted by atomic mass is 16.5. The van der Waals surface area contributed by atoms with Crippen LogP contribution in [-0.4, -0.2) is 121 Å². The van der Waals surface area contributed by atoms with E-state index in [1.54, 1.807) is 0 Å². The first kappa shape index (κ1) is 64.9. The molecule has 0 aliphatic carbocycles. The molecule has 0 bridgehead atoms. The Hall–Kier alpha value is -4.12. The lowest BCUT2D eigenvalue weighted by Gasteiger charge is -2.19. The molecule has 1 rings (SSSR count). The van der Waals surface area contributed by atoms with Crippen LogP contribution < -0.4 is 21.3 Å². The SMILES string of the molecule is CCCCCCCCCCCCC(NC(=O)CCCCCN1C(=O)CC(CC)C1=O)C(=O)NCCOCCOCCC(=O)NCC(NC(=O)CCCCCCCCCCCCCCCCC(=O)O)C(=O)O. The number of carbonyl (C=O) groups is 8. The van der Waals surface area contributed by atoms with Crippen LogP contribution in [0.4, 0.5) is 0 Å². The third-order valence-electron chi connectivity index (χ3n) is 13.2. The average Bonchev–Trinajstić information content (AvgIpc) is 3.62. The second-order valence-corrected chi connectivity index (χ2v) is 19.5. The number of rotatable bonds is 50.